The molecular weight excluding hydrogens is 374 g/mol. The van der Waals surface area contributed by atoms with Gasteiger partial charge < -0.3 is 9.88 Å². The summed E-state index contributed by atoms with van der Waals surface area (Å²) in [5.41, 5.74) is 1.07. The van der Waals surface area contributed by atoms with Crippen LogP contribution in [0.2, 0.25) is 0 Å². The Morgan fingerprint density at radius 2 is 1.89 bits per heavy atom. The molecule has 0 aliphatic heterocycles. The van der Waals surface area contributed by atoms with Crippen LogP contribution in [0.1, 0.15) is 50.9 Å². The van der Waals surface area contributed by atoms with Crippen molar-refractivity contribution >= 4 is 15.7 Å². The van der Waals surface area contributed by atoms with Crippen molar-refractivity contribution in [3.8, 4) is 0 Å². The number of hydrogen-bond donors (Lipinski definition) is 1. The van der Waals surface area contributed by atoms with Crippen LogP contribution in [-0.4, -0.2) is 35.2 Å². The van der Waals surface area contributed by atoms with Gasteiger partial charge in [-0.15, -0.1) is 0 Å². The molecule has 3 rings (SSSR count). The average molecular weight is 404 g/mol. The van der Waals surface area contributed by atoms with Gasteiger partial charge in [-0.3, -0.25) is 4.79 Å². The van der Waals surface area contributed by atoms with Crippen LogP contribution in [0.5, 0.6) is 0 Å². The summed E-state index contributed by atoms with van der Waals surface area (Å²) in [5.74, 6) is 0.483. The van der Waals surface area contributed by atoms with Crippen LogP contribution in [0.4, 0.5) is 0 Å². The Labute approximate surface area is 167 Å². The third-order valence-electron chi connectivity index (χ3n) is 5.60. The summed E-state index contributed by atoms with van der Waals surface area (Å²) in [6.07, 6.45) is 7.35. The Morgan fingerprint density at radius 3 is 2.57 bits per heavy atom. The van der Waals surface area contributed by atoms with Crippen LogP contribution in [-0.2, 0) is 26.9 Å². The number of aromatic nitrogens is 2. The van der Waals surface area contributed by atoms with E-state index < -0.39 is 21.0 Å². The Balaban J connectivity index is 1.63. The van der Waals surface area contributed by atoms with Crippen LogP contribution in [0.25, 0.3) is 0 Å². The number of hydrogen-bond acceptors (Lipinski definition) is 4. The standard InChI is InChI=1S/C21H29N3O3S/c1-16-8-10-19(11-9-16)23-21(25)17(2)28(26,27)15-20-22-12-13-24(20)14-18-6-4-3-5-7-18/h3-7,12-13,16-17,19H,8-11,14-15H2,1-2H3,(H,23,25)/t16?,17-,19?/m1/s1. The van der Waals surface area contributed by atoms with E-state index in [0.717, 1.165) is 31.2 Å². The lowest BCUT2D eigenvalue weighted by molar-refractivity contribution is -0.121. The lowest BCUT2D eigenvalue weighted by Gasteiger charge is -2.27. The summed E-state index contributed by atoms with van der Waals surface area (Å²) in [7, 11) is -3.65. The summed E-state index contributed by atoms with van der Waals surface area (Å²) in [4.78, 5) is 16.7. The first kappa shape index (κ1) is 20.6. The van der Waals surface area contributed by atoms with E-state index in [1.54, 1.807) is 12.4 Å². The number of carbonyl (C=O) groups excluding carboxylic acids is 1. The van der Waals surface area contributed by atoms with Gasteiger partial charge in [-0.05, 0) is 44.1 Å². The minimum Gasteiger partial charge on any atom is -0.352 e. The average Bonchev–Trinajstić information content (AvgIpc) is 3.09. The zero-order valence-electron chi connectivity index (χ0n) is 16.5. The van der Waals surface area contributed by atoms with Gasteiger partial charge in [0.2, 0.25) is 5.91 Å². The molecule has 1 fully saturated rings. The molecule has 1 aliphatic rings. The summed E-state index contributed by atoms with van der Waals surface area (Å²) < 4.78 is 27.5. The van der Waals surface area contributed by atoms with E-state index in [-0.39, 0.29) is 11.8 Å². The molecule has 1 aliphatic carbocycles. The highest BCUT2D eigenvalue weighted by molar-refractivity contribution is 7.92. The molecule has 28 heavy (non-hydrogen) atoms. The van der Waals surface area contributed by atoms with Crippen LogP contribution < -0.4 is 5.32 Å². The molecule has 152 valence electrons. The van der Waals surface area contributed by atoms with E-state index in [1.165, 1.54) is 6.92 Å². The second kappa shape index (κ2) is 8.90. The number of sulfone groups is 1. The molecule has 7 heteroatoms. The van der Waals surface area contributed by atoms with Crippen molar-refractivity contribution in [2.45, 2.75) is 63.1 Å². The molecule has 1 saturated carbocycles. The van der Waals surface area contributed by atoms with Gasteiger partial charge in [0.05, 0.1) is 0 Å². The fourth-order valence-electron chi connectivity index (χ4n) is 3.60. The second-order valence-corrected chi connectivity index (χ2v) is 10.2. The van der Waals surface area contributed by atoms with Gasteiger partial charge in [0.1, 0.15) is 16.8 Å². The first-order valence-corrected chi connectivity index (χ1v) is 11.6. The van der Waals surface area contributed by atoms with E-state index in [4.69, 9.17) is 0 Å². The lowest BCUT2D eigenvalue weighted by atomic mass is 9.87. The van der Waals surface area contributed by atoms with Crippen LogP contribution in [0, 0.1) is 5.92 Å². The molecule has 1 N–H and O–H groups in total. The van der Waals surface area contributed by atoms with Crippen LogP contribution in [0.3, 0.4) is 0 Å². The Bertz CT molecular complexity index is 885. The smallest absolute Gasteiger partial charge is 0.238 e. The summed E-state index contributed by atoms with van der Waals surface area (Å²) in [6, 6.07) is 9.89. The quantitative estimate of drug-likeness (QED) is 0.771. The molecule has 1 atom stereocenters. The number of nitrogens with zero attached hydrogens (tertiary/aromatic N) is 2. The number of amides is 1. The molecule has 0 bridgehead atoms. The number of carbonyl (C=O) groups is 1. The van der Waals surface area contributed by atoms with Gasteiger partial charge in [-0.25, -0.2) is 13.4 Å². The Morgan fingerprint density at radius 1 is 1.21 bits per heavy atom. The molecule has 2 aromatic rings. The van der Waals surface area contributed by atoms with Crippen molar-refractivity contribution in [1.82, 2.24) is 14.9 Å². The largest absolute Gasteiger partial charge is 0.352 e. The molecule has 0 unspecified atom stereocenters. The fourth-order valence-corrected chi connectivity index (χ4v) is 4.84. The van der Waals surface area contributed by atoms with Crippen molar-refractivity contribution in [2.75, 3.05) is 0 Å². The van der Waals surface area contributed by atoms with Gasteiger partial charge in [0, 0.05) is 25.0 Å². The first-order chi connectivity index (χ1) is 13.3. The lowest BCUT2D eigenvalue weighted by Crippen LogP contribution is -2.45. The van der Waals surface area contributed by atoms with E-state index in [1.807, 2.05) is 34.9 Å². The van der Waals surface area contributed by atoms with Crippen LogP contribution in [0.15, 0.2) is 42.7 Å². The minimum atomic E-state index is -3.65. The molecule has 0 radical (unpaired) electrons. The normalized spacial score (nSPS) is 21.2. The van der Waals surface area contributed by atoms with Crippen molar-refractivity contribution < 1.29 is 13.2 Å². The fraction of sp³-hybridized carbons (Fsp3) is 0.524. The molecule has 0 spiro atoms. The monoisotopic (exact) mass is 403 g/mol. The maximum atomic E-state index is 12.8. The molecule has 1 heterocycles. The highest BCUT2D eigenvalue weighted by Crippen LogP contribution is 2.23. The number of rotatable bonds is 7. The summed E-state index contributed by atoms with van der Waals surface area (Å²) >= 11 is 0. The predicted molar refractivity (Wildman–Crippen MR) is 109 cm³/mol. The van der Waals surface area contributed by atoms with E-state index in [9.17, 15) is 13.2 Å². The zero-order valence-corrected chi connectivity index (χ0v) is 17.4. The Kier molecular flexibility index (Phi) is 6.54. The Hall–Kier alpha value is -2.15. The molecule has 6 nitrogen and oxygen atoms in total. The molecule has 0 saturated heterocycles. The van der Waals surface area contributed by atoms with E-state index in [2.05, 4.69) is 17.2 Å². The van der Waals surface area contributed by atoms with Gasteiger partial charge in [0.15, 0.2) is 9.84 Å². The molecule has 1 aromatic heterocycles. The topological polar surface area (TPSA) is 81.1 Å². The number of imidazole rings is 1. The second-order valence-electron chi connectivity index (χ2n) is 7.87. The SMILES string of the molecule is CC1CCC(NC(=O)[C@@H](C)S(=O)(=O)Cc2nccn2Cc2ccccc2)CC1. The molecule has 1 aromatic carbocycles. The third-order valence-corrected chi connectivity index (χ3v) is 7.55. The van der Waals surface area contributed by atoms with Crippen LogP contribution >= 0.6 is 0 Å². The zero-order chi connectivity index (χ0) is 20.1. The number of benzene rings is 1. The molecular formula is C21H29N3O3S. The van der Waals surface area contributed by atoms with Crippen molar-refractivity contribution in [3.63, 3.8) is 0 Å². The molecule has 1 amide bonds. The highest BCUT2D eigenvalue weighted by Gasteiger charge is 2.31. The van der Waals surface area contributed by atoms with Crippen molar-refractivity contribution in [1.29, 1.82) is 0 Å². The summed E-state index contributed by atoms with van der Waals surface area (Å²) in [6.45, 7) is 4.23. The van der Waals surface area contributed by atoms with Gasteiger partial charge in [-0.2, -0.15) is 0 Å². The van der Waals surface area contributed by atoms with Gasteiger partial charge in [-0.1, -0.05) is 37.3 Å². The number of nitrogens with one attached hydrogen (secondary N) is 1. The summed E-state index contributed by atoms with van der Waals surface area (Å²) in [5, 5.41) is 1.84. The van der Waals surface area contributed by atoms with E-state index >= 15 is 0 Å². The maximum Gasteiger partial charge on any atom is 0.238 e. The van der Waals surface area contributed by atoms with E-state index in [0.29, 0.717) is 18.3 Å². The highest BCUT2D eigenvalue weighted by atomic mass is 32.2. The first-order valence-electron chi connectivity index (χ1n) is 9.91. The van der Waals surface area contributed by atoms with Crippen molar-refractivity contribution in [2.24, 2.45) is 5.92 Å². The predicted octanol–water partition coefficient (Wildman–Crippen LogP) is 2.93. The third kappa shape index (κ3) is 5.22. The van der Waals surface area contributed by atoms with Crippen molar-refractivity contribution in [3.05, 3.63) is 54.1 Å². The van der Waals surface area contributed by atoms with Gasteiger partial charge >= 0.3 is 0 Å². The van der Waals surface area contributed by atoms with Gasteiger partial charge in [0.25, 0.3) is 0 Å². The maximum absolute atomic E-state index is 12.8. The minimum absolute atomic E-state index is 0.0846.